The predicted molar refractivity (Wildman–Crippen MR) is 57.4 cm³/mol. The van der Waals surface area contributed by atoms with Crippen molar-refractivity contribution in [3.8, 4) is 0 Å². The monoisotopic (exact) mass is 299 g/mol. The van der Waals surface area contributed by atoms with Gasteiger partial charge in [-0.15, -0.1) is 0 Å². The SMILES string of the molecule is CCOC(=O)Cc1c[nH]c(=O)c(C(F)F)c1C(F)(F)F. The highest BCUT2D eigenvalue weighted by Crippen LogP contribution is 2.36. The van der Waals surface area contributed by atoms with Gasteiger partial charge < -0.3 is 9.72 Å². The van der Waals surface area contributed by atoms with E-state index < -0.39 is 47.2 Å². The molecule has 0 saturated heterocycles. The van der Waals surface area contributed by atoms with Gasteiger partial charge in [-0.05, 0) is 12.5 Å². The molecular weight excluding hydrogens is 289 g/mol. The van der Waals surface area contributed by atoms with Gasteiger partial charge in [-0.25, -0.2) is 8.78 Å². The quantitative estimate of drug-likeness (QED) is 0.686. The second kappa shape index (κ2) is 6.02. The second-order valence-corrected chi connectivity index (χ2v) is 3.71. The van der Waals surface area contributed by atoms with E-state index in [2.05, 4.69) is 4.74 Å². The molecule has 112 valence electrons. The van der Waals surface area contributed by atoms with E-state index in [1.54, 1.807) is 4.98 Å². The molecule has 0 atom stereocenters. The van der Waals surface area contributed by atoms with Gasteiger partial charge >= 0.3 is 12.1 Å². The van der Waals surface area contributed by atoms with E-state index in [0.29, 0.717) is 6.20 Å². The van der Waals surface area contributed by atoms with Crippen LogP contribution in [0.25, 0.3) is 0 Å². The first kappa shape index (κ1) is 16.1. The topological polar surface area (TPSA) is 59.2 Å². The fourth-order valence-corrected chi connectivity index (χ4v) is 1.64. The van der Waals surface area contributed by atoms with Crippen molar-refractivity contribution in [1.29, 1.82) is 0 Å². The van der Waals surface area contributed by atoms with Gasteiger partial charge in [0.05, 0.1) is 24.2 Å². The lowest BCUT2D eigenvalue weighted by Gasteiger charge is -2.15. The van der Waals surface area contributed by atoms with Gasteiger partial charge in [0.15, 0.2) is 0 Å². The average molecular weight is 299 g/mol. The van der Waals surface area contributed by atoms with Crippen molar-refractivity contribution in [3.63, 3.8) is 0 Å². The minimum absolute atomic E-state index is 0.0642. The number of H-pyrrole nitrogens is 1. The van der Waals surface area contributed by atoms with Gasteiger partial charge in [-0.1, -0.05) is 0 Å². The van der Waals surface area contributed by atoms with Crippen LogP contribution in [0.4, 0.5) is 22.0 Å². The molecule has 0 bridgehead atoms. The Morgan fingerprint density at radius 2 is 2.00 bits per heavy atom. The molecule has 0 aliphatic carbocycles. The number of halogens is 5. The highest BCUT2D eigenvalue weighted by Gasteiger charge is 2.40. The van der Waals surface area contributed by atoms with Gasteiger partial charge in [0, 0.05) is 6.20 Å². The number of ether oxygens (including phenoxy) is 1. The number of aromatic amines is 1. The third kappa shape index (κ3) is 3.55. The molecule has 0 aliphatic heterocycles. The molecule has 0 fully saturated rings. The maximum absolute atomic E-state index is 12.8. The molecule has 1 heterocycles. The Balaban J connectivity index is 3.42. The molecule has 0 unspecified atom stereocenters. The zero-order valence-electron chi connectivity index (χ0n) is 10.2. The number of carbonyl (C=O) groups excluding carboxylic acids is 1. The van der Waals surface area contributed by atoms with Crippen molar-refractivity contribution in [2.75, 3.05) is 6.61 Å². The number of hydrogen-bond donors (Lipinski definition) is 1. The van der Waals surface area contributed by atoms with E-state index in [1.807, 2.05) is 0 Å². The Morgan fingerprint density at radius 3 is 2.45 bits per heavy atom. The molecule has 20 heavy (non-hydrogen) atoms. The number of rotatable bonds is 4. The van der Waals surface area contributed by atoms with Crippen molar-refractivity contribution in [2.45, 2.75) is 25.9 Å². The summed E-state index contributed by atoms with van der Waals surface area (Å²) in [5, 5.41) is 0. The van der Waals surface area contributed by atoms with E-state index in [-0.39, 0.29) is 6.61 Å². The highest BCUT2D eigenvalue weighted by molar-refractivity contribution is 5.73. The lowest BCUT2D eigenvalue weighted by Crippen LogP contribution is -2.25. The van der Waals surface area contributed by atoms with E-state index in [9.17, 15) is 31.5 Å². The van der Waals surface area contributed by atoms with Crippen molar-refractivity contribution in [2.24, 2.45) is 0 Å². The van der Waals surface area contributed by atoms with Gasteiger partial charge in [0.25, 0.3) is 12.0 Å². The molecule has 1 aromatic rings. The van der Waals surface area contributed by atoms with Gasteiger partial charge in [0.1, 0.15) is 0 Å². The largest absolute Gasteiger partial charge is 0.466 e. The van der Waals surface area contributed by atoms with E-state index in [1.165, 1.54) is 6.92 Å². The summed E-state index contributed by atoms with van der Waals surface area (Å²) in [5.41, 5.74) is -5.78. The lowest BCUT2D eigenvalue weighted by molar-refractivity contribution is -0.144. The number of esters is 1. The van der Waals surface area contributed by atoms with Crippen LogP contribution >= 0.6 is 0 Å². The van der Waals surface area contributed by atoms with Crippen LogP contribution in [0.2, 0.25) is 0 Å². The van der Waals surface area contributed by atoms with Crippen LogP contribution < -0.4 is 5.56 Å². The van der Waals surface area contributed by atoms with Crippen molar-refractivity contribution < 1.29 is 31.5 Å². The molecule has 9 heteroatoms. The summed E-state index contributed by atoms with van der Waals surface area (Å²) >= 11 is 0. The minimum atomic E-state index is -5.18. The third-order valence-corrected chi connectivity index (χ3v) is 2.35. The number of alkyl halides is 5. The first-order valence-corrected chi connectivity index (χ1v) is 5.43. The zero-order chi connectivity index (χ0) is 15.5. The number of pyridine rings is 1. The van der Waals surface area contributed by atoms with Crippen molar-refractivity contribution >= 4 is 5.97 Å². The van der Waals surface area contributed by atoms with E-state index >= 15 is 0 Å². The van der Waals surface area contributed by atoms with Crippen molar-refractivity contribution in [1.82, 2.24) is 4.98 Å². The van der Waals surface area contributed by atoms with Crippen LogP contribution in [0, 0.1) is 0 Å². The Hall–Kier alpha value is -1.93. The maximum Gasteiger partial charge on any atom is 0.417 e. The smallest absolute Gasteiger partial charge is 0.417 e. The molecule has 4 nitrogen and oxygen atoms in total. The summed E-state index contributed by atoms with van der Waals surface area (Å²) < 4.78 is 68.3. The van der Waals surface area contributed by atoms with E-state index in [4.69, 9.17) is 0 Å². The van der Waals surface area contributed by atoms with E-state index in [0.717, 1.165) is 0 Å². The third-order valence-electron chi connectivity index (χ3n) is 2.35. The number of hydrogen-bond acceptors (Lipinski definition) is 3. The summed E-state index contributed by atoms with van der Waals surface area (Å²) in [5.74, 6) is -1.01. The number of nitrogens with one attached hydrogen (secondary N) is 1. The lowest BCUT2D eigenvalue weighted by atomic mass is 10.0. The summed E-state index contributed by atoms with van der Waals surface area (Å²) in [7, 11) is 0. The van der Waals surface area contributed by atoms with Crippen LogP contribution in [-0.4, -0.2) is 17.6 Å². The molecule has 0 radical (unpaired) electrons. The molecule has 1 N–H and O–H groups in total. The number of carbonyl (C=O) groups is 1. The van der Waals surface area contributed by atoms with Gasteiger partial charge in [-0.3, -0.25) is 9.59 Å². The fraction of sp³-hybridized carbons (Fsp3) is 0.455. The minimum Gasteiger partial charge on any atom is -0.466 e. The predicted octanol–water partition coefficient (Wildman–Crippen LogP) is 2.44. The van der Waals surface area contributed by atoms with Crippen LogP contribution in [-0.2, 0) is 22.1 Å². The van der Waals surface area contributed by atoms with Crippen LogP contribution in [0.15, 0.2) is 11.0 Å². The standard InChI is InChI=1S/C11H10F5NO3/c1-2-20-6(18)3-5-4-17-10(19)7(9(12)13)8(5)11(14,15)16/h4,9H,2-3H2,1H3,(H,17,19). The highest BCUT2D eigenvalue weighted by atomic mass is 19.4. The first-order valence-electron chi connectivity index (χ1n) is 5.43. The van der Waals surface area contributed by atoms with Crippen LogP contribution in [0.5, 0.6) is 0 Å². The maximum atomic E-state index is 12.8. The Morgan fingerprint density at radius 1 is 1.40 bits per heavy atom. The molecule has 0 amide bonds. The summed E-state index contributed by atoms with van der Waals surface area (Å²) in [6, 6.07) is 0. The normalized spacial score (nSPS) is 11.8. The summed E-state index contributed by atoms with van der Waals surface area (Å²) in [6.45, 7) is 1.38. The Labute approximate surface area is 109 Å². The summed E-state index contributed by atoms with van der Waals surface area (Å²) in [4.78, 5) is 24.1. The number of aromatic nitrogens is 1. The zero-order valence-corrected chi connectivity index (χ0v) is 10.2. The Bertz CT molecular complexity index is 550. The molecule has 0 aliphatic rings. The van der Waals surface area contributed by atoms with Crippen LogP contribution in [0.1, 0.15) is 30.0 Å². The van der Waals surface area contributed by atoms with Gasteiger partial charge in [0.2, 0.25) is 0 Å². The Kier molecular flexibility index (Phi) is 4.85. The van der Waals surface area contributed by atoms with Crippen LogP contribution in [0.3, 0.4) is 0 Å². The molecule has 1 rings (SSSR count). The molecule has 0 saturated carbocycles. The molecule has 1 aromatic heterocycles. The summed E-state index contributed by atoms with van der Waals surface area (Å²) in [6.07, 6.45) is -9.06. The average Bonchev–Trinajstić information content (AvgIpc) is 2.29. The van der Waals surface area contributed by atoms with Gasteiger partial charge in [-0.2, -0.15) is 13.2 Å². The second-order valence-electron chi connectivity index (χ2n) is 3.71. The fourth-order valence-electron chi connectivity index (χ4n) is 1.64. The molecular formula is C11H10F5NO3. The molecule has 0 aromatic carbocycles. The molecule has 0 spiro atoms. The van der Waals surface area contributed by atoms with Crippen molar-refractivity contribution in [3.05, 3.63) is 33.2 Å². The first-order chi connectivity index (χ1) is 9.18.